The smallest absolute Gasteiger partial charge is 0.266 e. The summed E-state index contributed by atoms with van der Waals surface area (Å²) in [6.07, 6.45) is 0.0771. The second kappa shape index (κ2) is 7.33. The summed E-state index contributed by atoms with van der Waals surface area (Å²) in [6, 6.07) is 9.64. The predicted octanol–water partition coefficient (Wildman–Crippen LogP) is 3.07. The van der Waals surface area contributed by atoms with Crippen molar-refractivity contribution in [3.63, 3.8) is 0 Å². The number of aromatic amines is 1. The van der Waals surface area contributed by atoms with Crippen LogP contribution in [0.1, 0.15) is 30.7 Å². The third-order valence-corrected chi connectivity index (χ3v) is 3.50. The van der Waals surface area contributed by atoms with Gasteiger partial charge in [-0.15, -0.1) is 0 Å². The molecule has 1 aromatic heterocycles. The molecule has 2 aromatic rings. The minimum absolute atomic E-state index is 0.0771. The highest BCUT2D eigenvalue weighted by molar-refractivity contribution is 5.71. The number of aromatic nitrogens is 1. The molecule has 1 aromatic carbocycles. The zero-order valence-corrected chi connectivity index (χ0v) is 14.8. The Morgan fingerprint density at radius 2 is 2.00 bits per heavy atom. The average Bonchev–Trinajstić information content (AvgIpc) is 2.47. The lowest BCUT2D eigenvalue weighted by atomic mass is 9.98. The zero-order valence-electron chi connectivity index (χ0n) is 14.8. The summed E-state index contributed by atoms with van der Waals surface area (Å²) in [6.45, 7) is 6.49. The summed E-state index contributed by atoms with van der Waals surface area (Å²) in [7, 11) is 3.98. The minimum atomic E-state index is -0.357. The molecule has 24 heavy (non-hydrogen) atoms. The Balaban J connectivity index is 2.61. The van der Waals surface area contributed by atoms with Crippen LogP contribution in [0.25, 0.3) is 11.1 Å². The lowest BCUT2D eigenvalue weighted by Crippen LogP contribution is -2.15. The van der Waals surface area contributed by atoms with Crippen molar-refractivity contribution in [2.75, 3.05) is 14.1 Å². The van der Waals surface area contributed by atoms with Crippen molar-refractivity contribution < 1.29 is 4.74 Å². The van der Waals surface area contributed by atoms with Crippen LogP contribution < -0.4 is 10.3 Å². The van der Waals surface area contributed by atoms with Crippen molar-refractivity contribution in [1.29, 1.82) is 5.26 Å². The highest BCUT2D eigenvalue weighted by Crippen LogP contribution is 2.29. The van der Waals surface area contributed by atoms with Crippen LogP contribution in [0.5, 0.6) is 5.75 Å². The molecule has 0 aliphatic rings. The first-order valence-electron chi connectivity index (χ1n) is 7.90. The van der Waals surface area contributed by atoms with Crippen LogP contribution in [0.2, 0.25) is 0 Å². The van der Waals surface area contributed by atoms with E-state index < -0.39 is 0 Å². The first-order chi connectivity index (χ1) is 11.3. The molecule has 126 valence electrons. The largest absolute Gasteiger partial charge is 0.491 e. The van der Waals surface area contributed by atoms with E-state index in [4.69, 9.17) is 4.74 Å². The van der Waals surface area contributed by atoms with Gasteiger partial charge in [-0.05, 0) is 58.6 Å². The summed E-state index contributed by atoms with van der Waals surface area (Å²) < 4.78 is 5.88. The molecule has 0 saturated carbocycles. The van der Waals surface area contributed by atoms with E-state index in [9.17, 15) is 10.1 Å². The molecule has 0 bridgehead atoms. The summed E-state index contributed by atoms with van der Waals surface area (Å²) in [5, 5.41) is 9.34. The van der Waals surface area contributed by atoms with Crippen LogP contribution in [0.3, 0.4) is 0 Å². The highest BCUT2D eigenvalue weighted by atomic mass is 16.5. The number of aryl methyl sites for hydroxylation is 1. The molecular formula is C19H23N3O2. The van der Waals surface area contributed by atoms with E-state index in [-0.39, 0.29) is 17.2 Å². The molecule has 1 N–H and O–H groups in total. The minimum Gasteiger partial charge on any atom is -0.491 e. The van der Waals surface area contributed by atoms with E-state index in [2.05, 4.69) is 9.88 Å². The lowest BCUT2D eigenvalue weighted by Gasteiger charge is -2.18. The van der Waals surface area contributed by atoms with Gasteiger partial charge in [-0.3, -0.25) is 4.79 Å². The fourth-order valence-corrected chi connectivity index (χ4v) is 2.61. The Hall–Kier alpha value is -2.58. The van der Waals surface area contributed by atoms with Crippen LogP contribution in [0.15, 0.2) is 29.1 Å². The van der Waals surface area contributed by atoms with Gasteiger partial charge in [-0.25, -0.2) is 0 Å². The Morgan fingerprint density at radius 3 is 2.58 bits per heavy atom. The van der Waals surface area contributed by atoms with Gasteiger partial charge in [0.2, 0.25) is 0 Å². The first kappa shape index (κ1) is 17.8. The van der Waals surface area contributed by atoms with Gasteiger partial charge in [0.05, 0.1) is 6.10 Å². The van der Waals surface area contributed by atoms with Crippen LogP contribution in [-0.2, 0) is 6.54 Å². The van der Waals surface area contributed by atoms with E-state index >= 15 is 0 Å². The van der Waals surface area contributed by atoms with Gasteiger partial charge in [0.15, 0.2) is 0 Å². The molecule has 0 saturated heterocycles. The van der Waals surface area contributed by atoms with Gasteiger partial charge in [0, 0.05) is 23.4 Å². The molecule has 0 spiro atoms. The third-order valence-electron chi connectivity index (χ3n) is 3.50. The number of hydrogen-bond donors (Lipinski definition) is 1. The maximum atomic E-state index is 12.0. The number of pyridine rings is 1. The van der Waals surface area contributed by atoms with E-state index in [1.165, 1.54) is 0 Å². The molecule has 0 atom stereocenters. The number of ether oxygens (including phenoxy) is 1. The van der Waals surface area contributed by atoms with Gasteiger partial charge in [0.1, 0.15) is 17.4 Å². The molecule has 0 amide bonds. The van der Waals surface area contributed by atoms with Crippen molar-refractivity contribution in [3.8, 4) is 22.9 Å². The van der Waals surface area contributed by atoms with E-state index in [0.717, 1.165) is 22.6 Å². The quantitative estimate of drug-likeness (QED) is 0.917. The number of nitriles is 1. The third kappa shape index (κ3) is 4.03. The number of nitrogens with zero attached hydrogens (tertiary/aromatic N) is 2. The van der Waals surface area contributed by atoms with Crippen molar-refractivity contribution in [3.05, 3.63) is 51.4 Å². The maximum absolute atomic E-state index is 12.0. The van der Waals surface area contributed by atoms with Gasteiger partial charge >= 0.3 is 0 Å². The molecule has 0 aliphatic heterocycles. The summed E-state index contributed by atoms with van der Waals surface area (Å²) in [4.78, 5) is 16.8. The fourth-order valence-electron chi connectivity index (χ4n) is 2.61. The molecule has 1 heterocycles. The van der Waals surface area contributed by atoms with E-state index in [0.29, 0.717) is 12.1 Å². The first-order valence-corrected chi connectivity index (χ1v) is 7.90. The number of rotatable bonds is 5. The van der Waals surface area contributed by atoms with Crippen LogP contribution in [-0.4, -0.2) is 30.1 Å². The normalized spacial score (nSPS) is 10.9. The number of H-pyrrole nitrogens is 1. The van der Waals surface area contributed by atoms with Gasteiger partial charge < -0.3 is 14.6 Å². The van der Waals surface area contributed by atoms with Crippen molar-refractivity contribution in [1.82, 2.24) is 9.88 Å². The average molecular weight is 325 g/mol. The molecule has 0 aliphatic carbocycles. The second-order valence-corrected chi connectivity index (χ2v) is 6.41. The SMILES string of the molecule is Cc1cc(-c2ccc(OC(C)C)c(CN(C)C)c2)c(C#N)c(=O)[nH]1. The summed E-state index contributed by atoms with van der Waals surface area (Å²) in [5.41, 5.74) is 3.01. The summed E-state index contributed by atoms with van der Waals surface area (Å²) >= 11 is 0. The number of benzene rings is 1. The molecule has 0 radical (unpaired) electrons. The van der Waals surface area contributed by atoms with E-state index in [1.807, 2.05) is 65.2 Å². The number of hydrogen-bond acceptors (Lipinski definition) is 4. The molecule has 2 rings (SSSR count). The molecular weight excluding hydrogens is 302 g/mol. The predicted molar refractivity (Wildman–Crippen MR) is 95.1 cm³/mol. The van der Waals surface area contributed by atoms with Gasteiger partial charge in [-0.2, -0.15) is 5.26 Å². The fraction of sp³-hybridized carbons (Fsp3) is 0.368. The van der Waals surface area contributed by atoms with E-state index in [1.54, 1.807) is 0 Å². The molecule has 0 fully saturated rings. The maximum Gasteiger partial charge on any atom is 0.266 e. The van der Waals surface area contributed by atoms with Gasteiger partial charge in [-0.1, -0.05) is 6.07 Å². The Kier molecular flexibility index (Phi) is 5.42. The highest BCUT2D eigenvalue weighted by Gasteiger charge is 2.14. The van der Waals surface area contributed by atoms with Crippen LogP contribution in [0, 0.1) is 18.3 Å². The topological polar surface area (TPSA) is 69.1 Å². The van der Waals surface area contributed by atoms with Crippen molar-refractivity contribution >= 4 is 0 Å². The Bertz CT molecular complexity index is 829. The second-order valence-electron chi connectivity index (χ2n) is 6.41. The van der Waals surface area contributed by atoms with Crippen LogP contribution in [0.4, 0.5) is 0 Å². The zero-order chi connectivity index (χ0) is 17.9. The standard InChI is InChI=1S/C19H23N3O2/c1-12(2)24-18-7-6-14(9-15(18)11-22(4)5)16-8-13(3)21-19(23)17(16)10-20/h6-9,12H,11H2,1-5H3,(H,21,23). The van der Waals surface area contributed by atoms with Gasteiger partial charge in [0.25, 0.3) is 5.56 Å². The summed E-state index contributed by atoms with van der Waals surface area (Å²) in [5.74, 6) is 0.822. The van der Waals surface area contributed by atoms with Crippen LogP contribution >= 0.6 is 0 Å². The molecule has 5 heteroatoms. The molecule has 5 nitrogen and oxygen atoms in total. The monoisotopic (exact) mass is 325 g/mol. The Morgan fingerprint density at radius 1 is 1.29 bits per heavy atom. The molecule has 0 unspecified atom stereocenters. The lowest BCUT2D eigenvalue weighted by molar-refractivity contribution is 0.236. The van der Waals surface area contributed by atoms with Crippen molar-refractivity contribution in [2.45, 2.75) is 33.4 Å². The Labute approximate surface area is 142 Å². The van der Waals surface area contributed by atoms with Crippen molar-refractivity contribution in [2.24, 2.45) is 0 Å². The number of nitrogens with one attached hydrogen (secondary N) is 1.